The number of rotatable bonds is 0. The molecule has 0 aliphatic carbocycles. The van der Waals surface area contributed by atoms with Crippen molar-refractivity contribution in [3.63, 3.8) is 0 Å². The summed E-state index contributed by atoms with van der Waals surface area (Å²) >= 11 is 5.56. The van der Waals surface area contributed by atoms with Crippen LogP contribution in [0.5, 0.6) is 0 Å². The Balaban J connectivity index is 2.06. The van der Waals surface area contributed by atoms with Gasteiger partial charge < -0.3 is 0 Å². The highest BCUT2D eigenvalue weighted by molar-refractivity contribution is 7.26. The van der Waals surface area contributed by atoms with Crippen molar-refractivity contribution in [2.45, 2.75) is 0 Å². The molecule has 3 aromatic heterocycles. The van der Waals surface area contributed by atoms with Gasteiger partial charge in [0.25, 0.3) is 0 Å². The van der Waals surface area contributed by atoms with Crippen molar-refractivity contribution in [1.29, 1.82) is 0 Å². The highest BCUT2D eigenvalue weighted by Gasteiger charge is 2.09. The molecule has 5 aromatic rings. The lowest BCUT2D eigenvalue weighted by Crippen LogP contribution is -1.67. The van der Waals surface area contributed by atoms with E-state index in [0.717, 1.165) is 0 Å². The molecule has 90 valence electrons. The molecule has 19 heavy (non-hydrogen) atoms. The molecule has 0 atom stereocenters. The molecule has 3 heteroatoms. The van der Waals surface area contributed by atoms with E-state index in [1.807, 2.05) is 34.0 Å². The highest BCUT2D eigenvalue weighted by Crippen LogP contribution is 2.40. The summed E-state index contributed by atoms with van der Waals surface area (Å²) in [6, 6.07) is 13.8. The Labute approximate surface area is 121 Å². The van der Waals surface area contributed by atoms with Crippen molar-refractivity contribution >= 4 is 74.4 Å². The average molecular weight is 296 g/mol. The average Bonchev–Trinajstić information content (AvgIpc) is 3.10. The van der Waals surface area contributed by atoms with Gasteiger partial charge >= 0.3 is 0 Å². The van der Waals surface area contributed by atoms with Crippen LogP contribution in [0.3, 0.4) is 0 Å². The van der Waals surface area contributed by atoms with Gasteiger partial charge in [0.2, 0.25) is 0 Å². The lowest BCUT2D eigenvalue weighted by molar-refractivity contribution is 2.04. The van der Waals surface area contributed by atoms with Crippen molar-refractivity contribution in [3.8, 4) is 0 Å². The molecule has 2 aromatic carbocycles. The lowest BCUT2D eigenvalue weighted by Gasteiger charge is -1.94. The third-order valence-corrected chi connectivity index (χ3v) is 6.49. The van der Waals surface area contributed by atoms with Crippen LogP contribution < -0.4 is 0 Å². The maximum absolute atomic E-state index is 2.35. The minimum atomic E-state index is 1.37. The van der Waals surface area contributed by atoms with Crippen LogP contribution >= 0.6 is 34.0 Å². The monoisotopic (exact) mass is 296 g/mol. The molecule has 0 bridgehead atoms. The predicted molar refractivity (Wildman–Crippen MR) is 90.1 cm³/mol. The molecule has 0 nitrogen and oxygen atoms in total. The molecule has 0 unspecified atom stereocenters. The molecule has 5 rings (SSSR count). The quantitative estimate of drug-likeness (QED) is 0.306. The van der Waals surface area contributed by atoms with Crippen LogP contribution in [0, 0.1) is 0 Å². The highest BCUT2D eigenvalue weighted by atomic mass is 32.1. The lowest BCUT2D eigenvalue weighted by atomic mass is 10.1. The van der Waals surface area contributed by atoms with Crippen molar-refractivity contribution < 1.29 is 0 Å². The van der Waals surface area contributed by atoms with Crippen molar-refractivity contribution in [1.82, 2.24) is 0 Å². The van der Waals surface area contributed by atoms with Gasteiger partial charge in [0.05, 0.1) is 0 Å². The van der Waals surface area contributed by atoms with Crippen LogP contribution in [0.1, 0.15) is 0 Å². The number of hydrogen-bond acceptors (Lipinski definition) is 3. The second-order valence-corrected chi connectivity index (χ2v) is 7.69. The summed E-state index contributed by atoms with van der Waals surface area (Å²) in [4.78, 5) is 0. The first-order valence-corrected chi connectivity index (χ1v) is 8.67. The van der Waals surface area contributed by atoms with Gasteiger partial charge in [0.1, 0.15) is 0 Å². The second kappa shape index (κ2) is 3.57. The fraction of sp³-hybridized carbons (Fsp3) is 0. The minimum Gasteiger partial charge on any atom is -0.144 e. The van der Waals surface area contributed by atoms with Gasteiger partial charge in [-0.25, -0.2) is 0 Å². The van der Waals surface area contributed by atoms with Crippen LogP contribution in [-0.2, 0) is 0 Å². The Morgan fingerprint density at radius 1 is 0.579 bits per heavy atom. The Kier molecular flexibility index (Phi) is 1.95. The molecule has 0 fully saturated rings. The van der Waals surface area contributed by atoms with Gasteiger partial charge in [-0.05, 0) is 57.9 Å². The van der Waals surface area contributed by atoms with Crippen LogP contribution in [0.25, 0.3) is 40.3 Å². The molecular formula is C16H8S3. The number of fused-ring (bicyclic) bond motifs is 5. The molecular weight excluding hydrogens is 288 g/mol. The van der Waals surface area contributed by atoms with E-state index < -0.39 is 0 Å². The fourth-order valence-electron chi connectivity index (χ4n) is 2.69. The SMILES string of the molecule is c1cc2cc3sc4cc5ccsc5cc4c3cc2s1. The summed E-state index contributed by atoms with van der Waals surface area (Å²) in [5.41, 5.74) is 0. The minimum absolute atomic E-state index is 1.37. The van der Waals surface area contributed by atoms with E-state index >= 15 is 0 Å². The maximum atomic E-state index is 2.35. The zero-order valence-corrected chi connectivity index (χ0v) is 12.3. The Bertz CT molecular complexity index is 974. The van der Waals surface area contributed by atoms with Crippen LogP contribution in [0.4, 0.5) is 0 Å². The predicted octanol–water partition coefficient (Wildman–Crippen LogP) is 6.48. The van der Waals surface area contributed by atoms with E-state index in [0.29, 0.717) is 0 Å². The topological polar surface area (TPSA) is 0 Å². The number of benzene rings is 2. The first-order chi connectivity index (χ1) is 9.38. The molecule has 0 aliphatic heterocycles. The third-order valence-electron chi connectivity index (χ3n) is 3.62. The van der Waals surface area contributed by atoms with Gasteiger partial charge in [-0.1, -0.05) is 0 Å². The second-order valence-electron chi connectivity index (χ2n) is 4.72. The molecule has 0 spiro atoms. The van der Waals surface area contributed by atoms with Gasteiger partial charge in [0.15, 0.2) is 0 Å². The van der Waals surface area contributed by atoms with E-state index in [9.17, 15) is 0 Å². The normalized spacial score (nSPS) is 12.2. The molecule has 0 amide bonds. The van der Waals surface area contributed by atoms with E-state index in [4.69, 9.17) is 0 Å². The maximum Gasteiger partial charge on any atom is 0.0362 e. The number of hydrogen-bond donors (Lipinski definition) is 0. The van der Waals surface area contributed by atoms with Crippen LogP contribution in [0.2, 0.25) is 0 Å². The standard InChI is InChI=1S/C16H8S3/c1-3-17-13-7-11-12-8-14-10(2-4-18-14)6-16(12)19-15(11)5-9(1)13/h1-8H. The summed E-state index contributed by atoms with van der Waals surface area (Å²) in [6.07, 6.45) is 0. The summed E-state index contributed by atoms with van der Waals surface area (Å²) in [6.45, 7) is 0. The summed E-state index contributed by atoms with van der Waals surface area (Å²) in [7, 11) is 0. The Hall–Kier alpha value is -1.42. The molecule has 3 heterocycles. The van der Waals surface area contributed by atoms with E-state index in [2.05, 4.69) is 47.2 Å². The smallest absolute Gasteiger partial charge is 0.0362 e. The number of thiophene rings is 3. The summed E-state index contributed by atoms with van der Waals surface area (Å²) < 4.78 is 5.58. The summed E-state index contributed by atoms with van der Waals surface area (Å²) in [5, 5.41) is 9.90. The molecule has 0 radical (unpaired) electrons. The molecule has 0 saturated carbocycles. The van der Waals surface area contributed by atoms with E-state index in [1.165, 1.54) is 40.3 Å². The molecule has 0 saturated heterocycles. The third kappa shape index (κ3) is 1.38. The first kappa shape index (κ1) is 10.4. The van der Waals surface area contributed by atoms with Gasteiger partial charge in [0, 0.05) is 29.6 Å². The van der Waals surface area contributed by atoms with Gasteiger partial charge in [-0.3, -0.25) is 0 Å². The largest absolute Gasteiger partial charge is 0.144 e. The van der Waals surface area contributed by atoms with E-state index in [-0.39, 0.29) is 0 Å². The van der Waals surface area contributed by atoms with Crippen molar-refractivity contribution in [2.24, 2.45) is 0 Å². The Morgan fingerprint density at radius 2 is 1.11 bits per heavy atom. The Morgan fingerprint density at radius 3 is 1.63 bits per heavy atom. The van der Waals surface area contributed by atoms with Crippen LogP contribution in [-0.4, -0.2) is 0 Å². The van der Waals surface area contributed by atoms with Crippen molar-refractivity contribution in [3.05, 3.63) is 47.2 Å². The zero-order chi connectivity index (χ0) is 12.4. The van der Waals surface area contributed by atoms with Crippen LogP contribution in [0.15, 0.2) is 47.2 Å². The van der Waals surface area contributed by atoms with E-state index in [1.54, 1.807) is 0 Å². The van der Waals surface area contributed by atoms with Crippen molar-refractivity contribution in [2.75, 3.05) is 0 Å². The molecule has 0 N–H and O–H groups in total. The zero-order valence-electron chi connectivity index (χ0n) is 9.84. The molecule has 0 aliphatic rings. The van der Waals surface area contributed by atoms with Gasteiger partial charge in [-0.15, -0.1) is 34.0 Å². The van der Waals surface area contributed by atoms with Gasteiger partial charge in [-0.2, -0.15) is 0 Å². The summed E-state index contributed by atoms with van der Waals surface area (Å²) in [5.74, 6) is 0. The fourth-order valence-corrected chi connectivity index (χ4v) is 5.47. The first-order valence-electron chi connectivity index (χ1n) is 6.09.